The van der Waals surface area contributed by atoms with Crippen molar-refractivity contribution in [3.05, 3.63) is 66.3 Å². The molecule has 0 saturated carbocycles. The van der Waals surface area contributed by atoms with Crippen LogP contribution in [-0.2, 0) is 10.8 Å². The molecule has 1 heteroatoms. The zero-order valence-corrected chi connectivity index (χ0v) is 19.0. The molecule has 1 aromatic carbocycles. The molecule has 0 heterocycles. The van der Waals surface area contributed by atoms with Crippen molar-refractivity contribution in [1.82, 2.24) is 0 Å². The topological polar surface area (TPSA) is 23.8 Å². The lowest BCUT2D eigenvalue weighted by Crippen LogP contribution is -2.20. The van der Waals surface area contributed by atoms with Crippen LogP contribution in [-0.4, -0.2) is 0 Å². The second-order valence-corrected chi connectivity index (χ2v) is 7.68. The number of rotatable bonds is 1. The van der Waals surface area contributed by atoms with Gasteiger partial charge in [0.15, 0.2) is 0 Å². The van der Waals surface area contributed by atoms with Crippen molar-refractivity contribution in [2.75, 3.05) is 0 Å². The van der Waals surface area contributed by atoms with Crippen molar-refractivity contribution < 1.29 is 0 Å². The maximum atomic E-state index is 8.99. The normalized spacial score (nSPS) is 10.7. The number of nitrogens with zero attached hydrogens (tertiary/aromatic N) is 1. The van der Waals surface area contributed by atoms with Gasteiger partial charge >= 0.3 is 0 Å². The second kappa shape index (κ2) is 13.2. The Labute approximate surface area is 164 Å². The van der Waals surface area contributed by atoms with Crippen LogP contribution in [0, 0.1) is 18.3 Å². The van der Waals surface area contributed by atoms with Gasteiger partial charge in [-0.3, -0.25) is 0 Å². The fourth-order valence-corrected chi connectivity index (χ4v) is 2.66. The van der Waals surface area contributed by atoms with E-state index in [9.17, 15) is 0 Å². The summed E-state index contributed by atoms with van der Waals surface area (Å²) >= 11 is 0. The smallest absolute Gasteiger partial charge is 0.0944 e. The van der Waals surface area contributed by atoms with Gasteiger partial charge < -0.3 is 0 Å². The lowest BCUT2D eigenvalue weighted by Gasteiger charge is -2.29. The Morgan fingerprint density at radius 2 is 1.19 bits per heavy atom. The third-order valence-corrected chi connectivity index (χ3v) is 3.61. The van der Waals surface area contributed by atoms with Crippen LogP contribution in [0.5, 0.6) is 0 Å². The van der Waals surface area contributed by atoms with E-state index >= 15 is 0 Å². The fourth-order valence-electron chi connectivity index (χ4n) is 2.66. The van der Waals surface area contributed by atoms with Crippen molar-refractivity contribution in [3.63, 3.8) is 0 Å². The van der Waals surface area contributed by atoms with Gasteiger partial charge in [-0.25, -0.2) is 0 Å². The van der Waals surface area contributed by atoms with Crippen molar-refractivity contribution in [2.45, 2.75) is 80.1 Å². The molecule has 146 valence electrons. The largest absolute Gasteiger partial charge is 0.193 e. The van der Waals surface area contributed by atoms with Crippen LogP contribution in [0.2, 0.25) is 0 Å². The Morgan fingerprint density at radius 3 is 1.42 bits per heavy atom. The summed E-state index contributed by atoms with van der Waals surface area (Å²) in [6, 6.07) is 6.66. The molecule has 1 aromatic rings. The van der Waals surface area contributed by atoms with Crippen LogP contribution in [0.3, 0.4) is 0 Å². The van der Waals surface area contributed by atoms with Crippen LogP contribution in [0.4, 0.5) is 0 Å². The average Bonchev–Trinajstić information content (AvgIpc) is 2.59. The molecule has 0 radical (unpaired) electrons. The van der Waals surface area contributed by atoms with E-state index in [1.54, 1.807) is 0 Å². The summed E-state index contributed by atoms with van der Waals surface area (Å²) in [6.07, 6.45) is 1.98. The van der Waals surface area contributed by atoms with Gasteiger partial charge in [-0.2, -0.15) is 5.26 Å². The predicted octanol–water partition coefficient (Wildman–Crippen LogP) is 8.15. The van der Waals surface area contributed by atoms with E-state index in [2.05, 4.69) is 93.0 Å². The van der Waals surface area contributed by atoms with E-state index in [0.29, 0.717) is 0 Å². The zero-order chi connectivity index (χ0) is 21.7. The van der Waals surface area contributed by atoms with Gasteiger partial charge in [-0.1, -0.05) is 67.5 Å². The zero-order valence-electron chi connectivity index (χ0n) is 19.0. The average molecular weight is 356 g/mol. The Bertz CT molecular complexity index is 562. The Morgan fingerprint density at radius 1 is 0.885 bits per heavy atom. The van der Waals surface area contributed by atoms with Crippen LogP contribution >= 0.6 is 0 Å². The van der Waals surface area contributed by atoms with Crippen molar-refractivity contribution >= 4 is 6.08 Å². The third kappa shape index (κ3) is 9.42. The lowest BCUT2D eigenvalue weighted by molar-refractivity contribution is 0.561. The Hall–Kier alpha value is -2.07. The monoisotopic (exact) mass is 355 g/mol. The molecule has 1 rings (SSSR count). The number of allylic oxidation sites excluding steroid dienone is 1. The van der Waals surface area contributed by atoms with Crippen molar-refractivity contribution in [3.8, 4) is 6.07 Å². The molecule has 0 saturated heterocycles. The van der Waals surface area contributed by atoms with Gasteiger partial charge in [-0.05, 0) is 53.0 Å². The number of hydrogen-bond acceptors (Lipinski definition) is 1. The first-order valence-corrected chi connectivity index (χ1v) is 9.21. The van der Waals surface area contributed by atoms with Gasteiger partial charge in [0.05, 0.1) is 6.07 Å². The molecule has 0 fully saturated rings. The van der Waals surface area contributed by atoms with Gasteiger partial charge in [0.1, 0.15) is 0 Å². The van der Waals surface area contributed by atoms with E-state index in [0.717, 1.165) is 11.1 Å². The molecule has 0 atom stereocenters. The minimum atomic E-state index is 0.106. The van der Waals surface area contributed by atoms with Crippen LogP contribution < -0.4 is 0 Å². The molecule has 0 bridgehead atoms. The molecule has 0 N–H and O–H groups in total. The summed E-state index contributed by atoms with van der Waals surface area (Å²) in [5.74, 6) is 0. The summed E-state index contributed by atoms with van der Waals surface area (Å²) in [5, 5.41) is 8.99. The summed E-state index contributed by atoms with van der Waals surface area (Å²) in [6.45, 7) is 33.5. The Balaban J connectivity index is -0.000000795. The highest BCUT2D eigenvalue weighted by Crippen LogP contribution is 2.35. The highest BCUT2D eigenvalue weighted by molar-refractivity contribution is 5.60. The minimum absolute atomic E-state index is 0.106. The number of nitriles is 1. The lowest BCUT2D eigenvalue weighted by atomic mass is 9.75. The Kier molecular flexibility index (Phi) is 14.6. The van der Waals surface area contributed by atoms with Crippen molar-refractivity contribution in [1.29, 1.82) is 5.26 Å². The highest BCUT2D eigenvalue weighted by atomic mass is 14.3. The summed E-state index contributed by atoms with van der Waals surface area (Å²) < 4.78 is 0. The van der Waals surface area contributed by atoms with E-state index in [-0.39, 0.29) is 10.8 Å². The summed E-state index contributed by atoms with van der Waals surface area (Å²) in [4.78, 5) is 0. The molecule has 1 nitrogen and oxygen atoms in total. The van der Waals surface area contributed by atoms with E-state index in [4.69, 9.17) is 5.26 Å². The highest BCUT2D eigenvalue weighted by Gasteiger charge is 2.23. The maximum Gasteiger partial charge on any atom is 0.0944 e. The molecule has 0 aliphatic carbocycles. The van der Waals surface area contributed by atoms with E-state index in [1.807, 2.05) is 26.8 Å². The van der Waals surface area contributed by atoms with Gasteiger partial charge in [-0.15, -0.1) is 26.3 Å². The van der Waals surface area contributed by atoms with E-state index < -0.39 is 0 Å². The van der Waals surface area contributed by atoms with E-state index in [1.165, 1.54) is 16.7 Å². The van der Waals surface area contributed by atoms with Gasteiger partial charge in [0.25, 0.3) is 0 Å². The number of benzene rings is 1. The quantitative estimate of drug-likeness (QED) is 0.368. The molecule has 0 unspecified atom stereocenters. The minimum Gasteiger partial charge on any atom is -0.193 e. The van der Waals surface area contributed by atoms with Crippen LogP contribution in [0.15, 0.2) is 44.0 Å². The first kappa shape index (κ1) is 28.7. The standard InChI is InChI=1S/C19H27N.C2H6.2C2H4/c1-13(12-20)9-15-10-16(18(3,4)5)14(2)17(11-15)19(6,7)8;3*1-2/h9-11H,1-8H3;1-2H3;2*1-2H2/b13-9-;;;. The predicted molar refractivity (Wildman–Crippen MR) is 122 cm³/mol. The molecule has 0 aromatic heterocycles. The van der Waals surface area contributed by atoms with Crippen molar-refractivity contribution in [2.24, 2.45) is 0 Å². The van der Waals surface area contributed by atoms with Crippen LogP contribution in [0.25, 0.3) is 6.08 Å². The van der Waals surface area contributed by atoms with Gasteiger partial charge in [0, 0.05) is 5.57 Å². The summed E-state index contributed by atoms with van der Waals surface area (Å²) in [7, 11) is 0. The molecule has 0 amide bonds. The summed E-state index contributed by atoms with van der Waals surface area (Å²) in [5.41, 5.74) is 6.18. The SMILES string of the molecule is C/C(C#N)=C/c1cc(C(C)(C)C)c(C)c(C(C)(C)C)c1.C=C.C=C.CC. The molecular weight excluding hydrogens is 314 g/mol. The first-order valence-electron chi connectivity index (χ1n) is 9.21. The molecule has 26 heavy (non-hydrogen) atoms. The third-order valence-electron chi connectivity index (χ3n) is 3.61. The van der Waals surface area contributed by atoms with Gasteiger partial charge in [0.2, 0.25) is 0 Å². The molecule has 0 aliphatic rings. The second-order valence-electron chi connectivity index (χ2n) is 7.68. The molecule has 0 spiro atoms. The number of hydrogen-bond donors (Lipinski definition) is 0. The van der Waals surface area contributed by atoms with Crippen LogP contribution in [0.1, 0.15) is 84.6 Å². The molecular formula is C25H41N. The molecule has 0 aliphatic heterocycles. The fraction of sp³-hybridized carbons (Fsp3) is 0.480. The first-order chi connectivity index (χ1) is 12.0. The maximum absolute atomic E-state index is 8.99.